The molecule has 2 amide bonds. The van der Waals surface area contributed by atoms with Gasteiger partial charge in [0, 0.05) is 18.7 Å². The number of carbonyl (C=O) groups is 2. The fourth-order valence-corrected chi connectivity index (χ4v) is 5.33. The molecule has 0 spiro atoms. The normalized spacial score (nSPS) is 16.0. The summed E-state index contributed by atoms with van der Waals surface area (Å²) in [5.41, 5.74) is 0.197. The molecule has 1 N–H and O–H groups in total. The number of nitrogens with zero attached hydrogens (tertiary/aromatic N) is 1. The van der Waals surface area contributed by atoms with Crippen LogP contribution in [-0.4, -0.2) is 64.7 Å². The fraction of sp³-hybridized carbons (Fsp3) is 0.391. The quantitative estimate of drug-likeness (QED) is 0.580. The molecule has 1 heterocycles. The highest BCUT2D eigenvalue weighted by Gasteiger charge is 2.25. The molecule has 1 aliphatic heterocycles. The number of carbonyl (C=O) groups excluding carboxylic acids is 2. The molecule has 1 aliphatic rings. The minimum Gasteiger partial charge on any atom is -0.343 e. The number of sulfone groups is 2. The second-order valence-electron chi connectivity index (χ2n) is 7.25. The molecule has 0 unspecified atom stereocenters. The van der Waals surface area contributed by atoms with Gasteiger partial charge < -0.3 is 10.2 Å². The third-order valence-electron chi connectivity index (χ3n) is 4.45. The summed E-state index contributed by atoms with van der Waals surface area (Å²) in [7, 11) is -6.85. The maximum atomic E-state index is 12.7. The summed E-state index contributed by atoms with van der Waals surface area (Å²) in [5.74, 6) is -1.08. The van der Waals surface area contributed by atoms with Crippen LogP contribution in [0, 0.1) is 0 Å². The van der Waals surface area contributed by atoms with Gasteiger partial charge in [-0.1, -0.05) is 39.0 Å². The Morgan fingerprint density at radius 2 is 1.67 bits per heavy atom. The van der Waals surface area contributed by atoms with Gasteiger partial charge in [0.2, 0.25) is 15.7 Å². The molecule has 2 rings (SSSR count). The molecule has 0 aromatic heterocycles. The molecule has 33 heavy (non-hydrogen) atoms. The first-order chi connectivity index (χ1) is 15.5. The van der Waals surface area contributed by atoms with E-state index < -0.39 is 25.6 Å². The second kappa shape index (κ2) is 13.1. The molecule has 0 bridgehead atoms. The minimum atomic E-state index is -3.76. The average Bonchev–Trinajstić information content (AvgIpc) is 2.77. The number of benzene rings is 1. The van der Waals surface area contributed by atoms with Crippen LogP contribution >= 0.6 is 0 Å². The van der Waals surface area contributed by atoms with Crippen LogP contribution in [0.5, 0.6) is 0 Å². The van der Waals surface area contributed by atoms with Crippen LogP contribution in [0.1, 0.15) is 37.6 Å². The van der Waals surface area contributed by atoms with Gasteiger partial charge in [-0.2, -0.15) is 0 Å². The molecule has 1 fully saturated rings. The summed E-state index contributed by atoms with van der Waals surface area (Å²) in [4.78, 5) is 25.9. The SMILES string of the molecule is C=C/C=C(\C=C/C)S(=O)(=O)c1ccc(C(=O)NCC(=O)N2CCS(=O)(=O)CC2)cc1.CCC. The van der Waals surface area contributed by atoms with Crippen molar-refractivity contribution in [2.45, 2.75) is 32.1 Å². The summed E-state index contributed by atoms with van der Waals surface area (Å²) in [6.45, 7) is 9.41. The van der Waals surface area contributed by atoms with Gasteiger partial charge in [-0.25, -0.2) is 16.8 Å². The molecule has 0 radical (unpaired) electrons. The zero-order valence-corrected chi connectivity index (χ0v) is 20.9. The lowest BCUT2D eigenvalue weighted by Crippen LogP contribution is -2.47. The van der Waals surface area contributed by atoms with E-state index in [1.165, 1.54) is 53.8 Å². The monoisotopic (exact) mass is 496 g/mol. The van der Waals surface area contributed by atoms with Crippen LogP contribution in [0.4, 0.5) is 0 Å². The van der Waals surface area contributed by atoms with Crippen molar-refractivity contribution in [3.63, 3.8) is 0 Å². The van der Waals surface area contributed by atoms with Crippen LogP contribution in [0.2, 0.25) is 0 Å². The van der Waals surface area contributed by atoms with Gasteiger partial charge in [-0.05, 0) is 43.3 Å². The molecule has 8 nitrogen and oxygen atoms in total. The van der Waals surface area contributed by atoms with Gasteiger partial charge >= 0.3 is 0 Å². The number of amides is 2. The Bertz CT molecular complexity index is 1090. The topological polar surface area (TPSA) is 118 Å². The zero-order valence-electron chi connectivity index (χ0n) is 19.3. The molecule has 182 valence electrons. The van der Waals surface area contributed by atoms with E-state index in [0.717, 1.165) is 0 Å². The van der Waals surface area contributed by atoms with Gasteiger partial charge in [0.1, 0.15) is 0 Å². The number of allylic oxidation sites excluding steroid dienone is 4. The predicted octanol–water partition coefficient (Wildman–Crippen LogP) is 2.51. The standard InChI is InChI=1S/C20H24N2O6S2.C3H8/c1-3-5-17(6-4-2)30(27,28)18-9-7-16(8-10-18)20(24)21-15-19(23)22-11-13-29(25,26)14-12-22;1-3-2/h3-10H,1,11-15H2,2H3,(H,21,24);3H2,1-2H3/b6-4-,17-5+;. The molecule has 1 aromatic rings. The Hall–Kier alpha value is -2.72. The molecule has 1 aromatic carbocycles. The average molecular weight is 497 g/mol. The smallest absolute Gasteiger partial charge is 0.251 e. The minimum absolute atomic E-state index is 0.0239. The van der Waals surface area contributed by atoms with Crippen molar-refractivity contribution in [2.75, 3.05) is 31.1 Å². The van der Waals surface area contributed by atoms with E-state index in [9.17, 15) is 26.4 Å². The highest BCUT2D eigenvalue weighted by atomic mass is 32.2. The maximum Gasteiger partial charge on any atom is 0.251 e. The lowest BCUT2D eigenvalue weighted by molar-refractivity contribution is -0.129. The Morgan fingerprint density at radius 1 is 1.12 bits per heavy atom. The van der Waals surface area contributed by atoms with Crippen LogP contribution in [-0.2, 0) is 24.5 Å². The summed E-state index contributed by atoms with van der Waals surface area (Å²) in [5, 5.41) is 2.47. The van der Waals surface area contributed by atoms with Gasteiger partial charge in [0.05, 0.1) is 27.9 Å². The molecular formula is C23H32N2O6S2. The van der Waals surface area contributed by atoms with Crippen molar-refractivity contribution in [3.05, 3.63) is 65.6 Å². The zero-order chi connectivity index (χ0) is 25.1. The molecule has 0 saturated carbocycles. The highest BCUT2D eigenvalue weighted by Crippen LogP contribution is 2.21. The number of hydrogen-bond acceptors (Lipinski definition) is 6. The molecular weight excluding hydrogens is 464 g/mol. The number of hydrogen-bond donors (Lipinski definition) is 1. The van der Waals surface area contributed by atoms with Gasteiger partial charge in [0.25, 0.3) is 5.91 Å². The lowest BCUT2D eigenvalue weighted by atomic mass is 10.2. The lowest BCUT2D eigenvalue weighted by Gasteiger charge is -2.26. The first kappa shape index (κ1) is 28.3. The molecule has 10 heteroatoms. The Balaban J connectivity index is 0.00000172. The second-order valence-corrected chi connectivity index (χ2v) is 11.5. The van der Waals surface area contributed by atoms with Crippen molar-refractivity contribution in [1.82, 2.24) is 10.2 Å². The van der Waals surface area contributed by atoms with E-state index in [4.69, 9.17) is 0 Å². The van der Waals surface area contributed by atoms with Crippen molar-refractivity contribution in [1.29, 1.82) is 0 Å². The maximum absolute atomic E-state index is 12.7. The number of rotatable bonds is 7. The molecule has 0 atom stereocenters. The van der Waals surface area contributed by atoms with Crippen LogP contribution < -0.4 is 5.32 Å². The van der Waals surface area contributed by atoms with Gasteiger partial charge in [0.15, 0.2) is 9.84 Å². The first-order valence-electron chi connectivity index (χ1n) is 10.6. The van der Waals surface area contributed by atoms with Crippen LogP contribution in [0.3, 0.4) is 0 Å². The van der Waals surface area contributed by atoms with E-state index in [1.54, 1.807) is 13.0 Å². The van der Waals surface area contributed by atoms with E-state index in [0.29, 0.717) is 0 Å². The van der Waals surface area contributed by atoms with Crippen LogP contribution in [0.25, 0.3) is 0 Å². The molecule has 1 saturated heterocycles. The summed E-state index contributed by atoms with van der Waals surface area (Å²) >= 11 is 0. The Morgan fingerprint density at radius 3 is 2.15 bits per heavy atom. The third-order valence-corrected chi connectivity index (χ3v) is 7.84. The van der Waals surface area contributed by atoms with Crippen molar-refractivity contribution < 1.29 is 26.4 Å². The molecule has 0 aliphatic carbocycles. The Kier molecular flexibility index (Phi) is 11.2. The van der Waals surface area contributed by atoms with E-state index in [1.807, 2.05) is 0 Å². The summed E-state index contributed by atoms with van der Waals surface area (Å²) < 4.78 is 48.2. The van der Waals surface area contributed by atoms with E-state index in [2.05, 4.69) is 25.7 Å². The van der Waals surface area contributed by atoms with Gasteiger partial charge in [-0.15, -0.1) is 0 Å². The van der Waals surface area contributed by atoms with Crippen LogP contribution in [0.15, 0.2) is 64.9 Å². The largest absolute Gasteiger partial charge is 0.343 e. The van der Waals surface area contributed by atoms with Gasteiger partial charge in [-0.3, -0.25) is 9.59 Å². The summed E-state index contributed by atoms with van der Waals surface area (Å²) in [6.07, 6.45) is 7.06. The van der Waals surface area contributed by atoms with Crippen molar-refractivity contribution in [3.8, 4) is 0 Å². The highest BCUT2D eigenvalue weighted by molar-refractivity contribution is 7.95. The van der Waals surface area contributed by atoms with Crippen molar-refractivity contribution >= 4 is 31.5 Å². The summed E-state index contributed by atoms with van der Waals surface area (Å²) in [6, 6.07) is 5.37. The van der Waals surface area contributed by atoms with E-state index >= 15 is 0 Å². The van der Waals surface area contributed by atoms with E-state index in [-0.39, 0.29) is 52.4 Å². The van der Waals surface area contributed by atoms with Crippen molar-refractivity contribution in [2.24, 2.45) is 0 Å². The first-order valence-corrected chi connectivity index (χ1v) is 13.9. The third kappa shape index (κ3) is 8.62. The fourth-order valence-electron chi connectivity index (χ4n) is 2.77. The predicted molar refractivity (Wildman–Crippen MR) is 130 cm³/mol. The Labute approximate surface area is 196 Å². The number of nitrogens with one attached hydrogen (secondary N) is 1.